The van der Waals surface area contributed by atoms with Gasteiger partial charge in [0.15, 0.2) is 0 Å². The summed E-state index contributed by atoms with van der Waals surface area (Å²) in [6.07, 6.45) is 0. The Morgan fingerprint density at radius 1 is 1.25 bits per heavy atom. The molecule has 0 amide bonds. The van der Waals surface area contributed by atoms with Crippen molar-refractivity contribution in [2.24, 2.45) is 0 Å². The Labute approximate surface area is 52.2 Å². The molecular formula is H2O3Tm. The predicted octanol–water partition coefficient (Wildman–Crippen LogP) is -0.0510. The summed E-state index contributed by atoms with van der Waals surface area (Å²) in [4.78, 5) is 0. The van der Waals surface area contributed by atoms with Crippen molar-refractivity contribution in [3.8, 4) is 0 Å². The molecule has 0 aliphatic heterocycles. The van der Waals surface area contributed by atoms with Crippen molar-refractivity contribution in [2.45, 2.75) is 0 Å². The monoisotopic (exact) mass is 219 g/mol. The second-order valence-electron chi connectivity index (χ2n) is 0.0816. The van der Waals surface area contributed by atoms with E-state index >= 15 is 0 Å². The zero-order chi connectivity index (χ0) is 2.71. The van der Waals surface area contributed by atoms with Crippen LogP contribution in [0.1, 0.15) is 0 Å². The molecule has 0 rings (SSSR count). The maximum absolute atomic E-state index is 6.62. The van der Waals surface area contributed by atoms with E-state index in [0.29, 0.717) is 0 Å². The van der Waals surface area contributed by atoms with Gasteiger partial charge in [0.25, 0.3) is 0 Å². The average molecular weight is 219 g/mol. The van der Waals surface area contributed by atoms with E-state index in [4.69, 9.17) is 10.5 Å². The van der Waals surface area contributed by atoms with Crippen LogP contribution in [0.15, 0.2) is 0 Å². The summed E-state index contributed by atoms with van der Waals surface area (Å²) >= 11 is 0. The maximum Gasteiger partial charge on any atom is 0 e. The van der Waals surface area contributed by atoms with E-state index in [0.717, 1.165) is 0 Å². The summed E-state index contributed by atoms with van der Waals surface area (Å²) in [6.45, 7) is 0. The Kier molecular flexibility index (Phi) is 19.9. The molecule has 0 heterocycles. The first-order valence-corrected chi connectivity index (χ1v) is 0.365. The normalized spacial score (nSPS) is 4.50. The van der Waals surface area contributed by atoms with Gasteiger partial charge in [0.2, 0.25) is 0 Å². The van der Waals surface area contributed by atoms with Crippen LogP contribution in [0.5, 0.6) is 0 Å². The van der Waals surface area contributed by atoms with Crippen molar-refractivity contribution in [3.63, 3.8) is 0 Å². The molecule has 4 heteroatoms. The molecule has 0 aliphatic rings. The molecule has 1 radical (unpaired) electrons. The molecule has 2 N–H and O–H groups in total. The van der Waals surface area contributed by atoms with Gasteiger partial charge >= 0.3 is 0 Å². The SMILES string of the molecule is OOO.[Tm]. The van der Waals surface area contributed by atoms with Gasteiger partial charge in [-0.3, -0.25) is 0 Å². The van der Waals surface area contributed by atoms with Crippen molar-refractivity contribution in [2.75, 3.05) is 0 Å². The van der Waals surface area contributed by atoms with Gasteiger partial charge in [0.05, 0.1) is 0 Å². The first-order valence-electron chi connectivity index (χ1n) is 0.365. The Morgan fingerprint density at radius 3 is 1.25 bits per heavy atom. The van der Waals surface area contributed by atoms with Gasteiger partial charge in [-0.15, -0.1) is 0 Å². The smallest absolute Gasteiger partial charge is 0 e. The quantitative estimate of drug-likeness (QED) is 0.443. The van der Waals surface area contributed by atoms with Crippen LogP contribution in [0.25, 0.3) is 0 Å². The Hall–Kier alpha value is 1.11. The molecule has 4 heavy (non-hydrogen) atoms. The molecule has 0 spiro atoms. The van der Waals surface area contributed by atoms with Gasteiger partial charge in [-0.05, 0) is 0 Å². The second-order valence-corrected chi connectivity index (χ2v) is 0.0816. The summed E-state index contributed by atoms with van der Waals surface area (Å²) in [7, 11) is 0. The fourth-order valence-corrected chi connectivity index (χ4v) is 0. The first-order chi connectivity index (χ1) is 1.41. The van der Waals surface area contributed by atoms with Crippen LogP contribution in [0.3, 0.4) is 0 Å². The fraction of sp³-hybridized carbons (Fsp3) is 0. The molecule has 0 aromatic heterocycles. The van der Waals surface area contributed by atoms with Crippen LogP contribution in [0, 0.1) is 36.9 Å². The number of hydrogen-bond donors (Lipinski definition) is 2. The van der Waals surface area contributed by atoms with Gasteiger partial charge in [-0.2, -0.15) is 0 Å². The van der Waals surface area contributed by atoms with Crippen LogP contribution in [-0.4, -0.2) is 10.5 Å². The summed E-state index contributed by atoms with van der Waals surface area (Å²) in [5, 5.41) is 15.5. The van der Waals surface area contributed by atoms with Crippen molar-refractivity contribution in [1.29, 1.82) is 0 Å². The van der Waals surface area contributed by atoms with Crippen molar-refractivity contribution in [1.82, 2.24) is 0 Å². The van der Waals surface area contributed by atoms with E-state index in [2.05, 4.69) is 5.04 Å². The number of rotatable bonds is 0. The van der Waals surface area contributed by atoms with E-state index in [1.165, 1.54) is 0 Å². The van der Waals surface area contributed by atoms with Crippen molar-refractivity contribution >= 4 is 0 Å². The topological polar surface area (TPSA) is 49.7 Å². The van der Waals surface area contributed by atoms with Crippen molar-refractivity contribution in [3.05, 3.63) is 0 Å². The minimum atomic E-state index is 0. The molecule has 0 aliphatic carbocycles. The summed E-state index contributed by atoms with van der Waals surface area (Å²) in [6, 6.07) is 0. The first kappa shape index (κ1) is 8.93. The number of hydrogen-bond acceptors (Lipinski definition) is 3. The molecule has 0 bridgehead atoms. The summed E-state index contributed by atoms with van der Waals surface area (Å²) in [5.41, 5.74) is 0. The van der Waals surface area contributed by atoms with E-state index in [1.54, 1.807) is 0 Å². The third-order valence-electron chi connectivity index (χ3n) is 0. The van der Waals surface area contributed by atoms with Gasteiger partial charge < -0.3 is 0 Å². The van der Waals surface area contributed by atoms with Crippen LogP contribution < -0.4 is 0 Å². The molecule has 0 aromatic rings. The molecule has 0 saturated heterocycles. The Balaban J connectivity index is 0. The minimum Gasteiger partial charge on any atom is -0.221 e. The molecule has 0 saturated carbocycles. The van der Waals surface area contributed by atoms with Crippen LogP contribution in [0.2, 0.25) is 0 Å². The van der Waals surface area contributed by atoms with Crippen LogP contribution in [0.4, 0.5) is 0 Å². The Morgan fingerprint density at radius 2 is 1.25 bits per heavy atom. The molecule has 0 fully saturated rings. The predicted molar refractivity (Wildman–Crippen MR) is 6.34 cm³/mol. The summed E-state index contributed by atoms with van der Waals surface area (Å²) < 4.78 is 0. The van der Waals surface area contributed by atoms with E-state index in [-0.39, 0.29) is 36.9 Å². The second kappa shape index (κ2) is 8.93. The molecule has 3 nitrogen and oxygen atoms in total. The van der Waals surface area contributed by atoms with Crippen molar-refractivity contribution < 1.29 is 52.4 Å². The fourth-order valence-electron chi connectivity index (χ4n) is 0. The van der Waals surface area contributed by atoms with Crippen LogP contribution in [-0.2, 0) is 5.04 Å². The largest absolute Gasteiger partial charge is 0.221 e. The van der Waals surface area contributed by atoms with Crippen LogP contribution >= 0.6 is 0 Å². The zero-order valence-electron chi connectivity index (χ0n) is 1.58. The average Bonchev–Trinajstić information content (AvgIpc) is 0.918. The Bertz CT molecular complexity index is 3.25. The van der Waals surface area contributed by atoms with Gasteiger partial charge in [0.1, 0.15) is 0 Å². The molecule has 0 aromatic carbocycles. The third kappa shape index (κ3) is 11.2. The standard InChI is InChI=1S/H2O3.Tm/c1-3-2;/h1-2H;. The molecule has 0 unspecified atom stereocenters. The van der Waals surface area contributed by atoms with E-state index in [9.17, 15) is 0 Å². The van der Waals surface area contributed by atoms with Gasteiger partial charge in [0, 0.05) is 36.9 Å². The maximum atomic E-state index is 6.62. The molecule has 33 valence electrons. The molecule has 0 atom stereocenters. The van der Waals surface area contributed by atoms with Gasteiger partial charge in [-0.25, -0.2) is 10.5 Å². The van der Waals surface area contributed by atoms with Gasteiger partial charge in [-0.1, -0.05) is 5.04 Å². The molecular weight excluding hydrogens is 217 g/mol. The minimum absolute atomic E-state index is 0. The summed E-state index contributed by atoms with van der Waals surface area (Å²) in [5.74, 6) is 0. The van der Waals surface area contributed by atoms with E-state index in [1.807, 2.05) is 0 Å². The third-order valence-corrected chi connectivity index (χ3v) is 0. The zero-order valence-corrected chi connectivity index (χ0v) is 3.36. The van der Waals surface area contributed by atoms with E-state index < -0.39 is 0 Å².